The van der Waals surface area contributed by atoms with E-state index in [2.05, 4.69) is 5.32 Å². The van der Waals surface area contributed by atoms with Crippen LogP contribution in [0.1, 0.15) is 24.3 Å². The van der Waals surface area contributed by atoms with Gasteiger partial charge in [-0.3, -0.25) is 0 Å². The Bertz CT molecular complexity index is 445. The lowest BCUT2D eigenvalue weighted by Gasteiger charge is -2.27. The molecule has 19 heavy (non-hydrogen) atoms. The molecule has 1 heterocycles. The first kappa shape index (κ1) is 14.3. The molecular formula is C14H20ClNO3. The average molecular weight is 286 g/mol. The van der Waals surface area contributed by atoms with Crippen molar-refractivity contribution in [3.63, 3.8) is 0 Å². The fraction of sp³-hybridized carbons (Fsp3) is 0.571. The van der Waals surface area contributed by atoms with E-state index in [1.54, 1.807) is 27.4 Å². The SMILES string of the molecule is COc1cc(OC)c(OC)c(C2CCCNC2)c1Cl. The number of methoxy groups -OCH3 is 3. The van der Waals surface area contributed by atoms with Gasteiger partial charge in [0, 0.05) is 24.1 Å². The van der Waals surface area contributed by atoms with Gasteiger partial charge < -0.3 is 19.5 Å². The number of nitrogens with one attached hydrogen (secondary N) is 1. The summed E-state index contributed by atoms with van der Waals surface area (Å²) in [6.07, 6.45) is 2.21. The molecule has 1 N–H and O–H groups in total. The predicted octanol–water partition coefficient (Wildman–Crippen LogP) is 2.83. The Morgan fingerprint density at radius 3 is 2.42 bits per heavy atom. The molecule has 0 saturated carbocycles. The van der Waals surface area contributed by atoms with Crippen molar-refractivity contribution in [1.82, 2.24) is 5.32 Å². The number of hydrogen-bond acceptors (Lipinski definition) is 4. The average Bonchev–Trinajstić information content (AvgIpc) is 2.47. The van der Waals surface area contributed by atoms with Crippen LogP contribution in [0.5, 0.6) is 17.2 Å². The van der Waals surface area contributed by atoms with E-state index >= 15 is 0 Å². The number of piperidine rings is 1. The summed E-state index contributed by atoms with van der Waals surface area (Å²) in [6, 6.07) is 1.76. The Morgan fingerprint density at radius 2 is 1.89 bits per heavy atom. The Kier molecular flexibility index (Phi) is 4.77. The molecule has 1 aromatic rings. The molecule has 1 fully saturated rings. The smallest absolute Gasteiger partial charge is 0.166 e. The Balaban J connectivity index is 2.53. The normalized spacial score (nSPS) is 19.1. The van der Waals surface area contributed by atoms with Crippen LogP contribution >= 0.6 is 11.6 Å². The summed E-state index contributed by atoms with van der Waals surface area (Å²) < 4.78 is 16.2. The van der Waals surface area contributed by atoms with E-state index in [0.717, 1.165) is 31.5 Å². The van der Waals surface area contributed by atoms with Gasteiger partial charge in [0.05, 0.1) is 26.4 Å². The molecule has 0 aliphatic carbocycles. The Labute approximate surface area is 119 Å². The fourth-order valence-corrected chi connectivity index (χ4v) is 2.96. The molecule has 0 amide bonds. The second-order valence-corrected chi connectivity index (χ2v) is 4.96. The molecule has 5 heteroatoms. The van der Waals surface area contributed by atoms with E-state index in [0.29, 0.717) is 28.2 Å². The van der Waals surface area contributed by atoms with Gasteiger partial charge in [0.2, 0.25) is 0 Å². The van der Waals surface area contributed by atoms with Gasteiger partial charge in [-0.2, -0.15) is 0 Å². The number of halogens is 1. The van der Waals surface area contributed by atoms with Crippen molar-refractivity contribution in [1.29, 1.82) is 0 Å². The third-order valence-corrected chi connectivity index (χ3v) is 3.92. The van der Waals surface area contributed by atoms with Crippen molar-refractivity contribution in [2.75, 3.05) is 34.4 Å². The highest BCUT2D eigenvalue weighted by molar-refractivity contribution is 6.33. The van der Waals surface area contributed by atoms with E-state index in [1.165, 1.54) is 0 Å². The molecule has 4 nitrogen and oxygen atoms in total. The zero-order chi connectivity index (χ0) is 13.8. The summed E-state index contributed by atoms with van der Waals surface area (Å²) in [6.45, 7) is 1.95. The first-order valence-corrected chi connectivity index (χ1v) is 6.79. The molecule has 1 atom stereocenters. The maximum atomic E-state index is 6.47. The maximum Gasteiger partial charge on any atom is 0.166 e. The number of rotatable bonds is 4. The minimum atomic E-state index is 0.320. The third kappa shape index (κ3) is 2.74. The first-order chi connectivity index (χ1) is 9.22. The molecule has 1 saturated heterocycles. The molecule has 0 radical (unpaired) electrons. The van der Waals surface area contributed by atoms with Crippen molar-refractivity contribution in [3.8, 4) is 17.2 Å². The second-order valence-electron chi connectivity index (χ2n) is 4.59. The summed E-state index contributed by atoms with van der Waals surface area (Å²) in [4.78, 5) is 0. The van der Waals surface area contributed by atoms with Crippen molar-refractivity contribution in [2.24, 2.45) is 0 Å². The van der Waals surface area contributed by atoms with Crippen LogP contribution in [0.15, 0.2) is 6.07 Å². The molecule has 0 bridgehead atoms. The van der Waals surface area contributed by atoms with Crippen molar-refractivity contribution in [3.05, 3.63) is 16.7 Å². The highest BCUT2D eigenvalue weighted by atomic mass is 35.5. The number of hydrogen-bond donors (Lipinski definition) is 1. The summed E-state index contributed by atoms with van der Waals surface area (Å²) in [5, 5.41) is 4.01. The minimum absolute atomic E-state index is 0.320. The largest absolute Gasteiger partial charge is 0.495 e. The zero-order valence-electron chi connectivity index (χ0n) is 11.6. The summed E-state index contributed by atoms with van der Waals surface area (Å²) in [5.74, 6) is 2.31. The van der Waals surface area contributed by atoms with Crippen LogP contribution in [0.4, 0.5) is 0 Å². The van der Waals surface area contributed by atoms with Gasteiger partial charge in [-0.25, -0.2) is 0 Å². The highest BCUT2D eigenvalue weighted by Crippen LogP contribution is 2.47. The predicted molar refractivity (Wildman–Crippen MR) is 76.0 cm³/mol. The van der Waals surface area contributed by atoms with Gasteiger partial charge in [-0.05, 0) is 19.4 Å². The summed E-state index contributed by atoms with van der Waals surface area (Å²) >= 11 is 6.47. The molecular weight excluding hydrogens is 266 g/mol. The molecule has 0 aromatic heterocycles. The summed E-state index contributed by atoms with van der Waals surface area (Å²) in [7, 11) is 4.87. The number of ether oxygens (including phenoxy) is 3. The van der Waals surface area contributed by atoms with Crippen molar-refractivity contribution < 1.29 is 14.2 Å². The molecule has 1 unspecified atom stereocenters. The van der Waals surface area contributed by atoms with Crippen molar-refractivity contribution >= 4 is 11.6 Å². The fourth-order valence-electron chi connectivity index (χ4n) is 2.59. The molecule has 106 valence electrons. The third-order valence-electron chi connectivity index (χ3n) is 3.53. The van der Waals surface area contributed by atoms with E-state index in [-0.39, 0.29) is 0 Å². The monoisotopic (exact) mass is 285 g/mol. The highest BCUT2D eigenvalue weighted by Gasteiger charge is 2.27. The Morgan fingerprint density at radius 1 is 1.16 bits per heavy atom. The Hall–Kier alpha value is -1.13. The first-order valence-electron chi connectivity index (χ1n) is 6.42. The van der Waals surface area contributed by atoms with Gasteiger partial charge >= 0.3 is 0 Å². The second kappa shape index (κ2) is 6.35. The van der Waals surface area contributed by atoms with Crippen LogP contribution in [-0.2, 0) is 0 Å². The van der Waals surface area contributed by atoms with Crippen LogP contribution in [0, 0.1) is 0 Å². The molecule has 1 aliphatic heterocycles. The van der Waals surface area contributed by atoms with Crippen LogP contribution in [0.2, 0.25) is 5.02 Å². The lowest BCUT2D eigenvalue weighted by atomic mass is 9.90. The standard InChI is InChI=1S/C14H20ClNO3/c1-17-10-7-11(18-2)14(19-3)12(13(10)15)9-5-4-6-16-8-9/h7,9,16H,4-6,8H2,1-3H3. The molecule has 2 rings (SSSR count). The minimum Gasteiger partial charge on any atom is -0.495 e. The van der Waals surface area contributed by atoms with Gasteiger partial charge in [-0.1, -0.05) is 11.6 Å². The zero-order valence-corrected chi connectivity index (χ0v) is 12.3. The van der Waals surface area contributed by atoms with Crippen LogP contribution < -0.4 is 19.5 Å². The molecule has 0 spiro atoms. The van der Waals surface area contributed by atoms with Gasteiger partial charge in [0.1, 0.15) is 5.75 Å². The van der Waals surface area contributed by atoms with Gasteiger partial charge in [0.15, 0.2) is 11.5 Å². The van der Waals surface area contributed by atoms with E-state index in [9.17, 15) is 0 Å². The maximum absolute atomic E-state index is 6.47. The van der Waals surface area contributed by atoms with E-state index in [4.69, 9.17) is 25.8 Å². The number of benzene rings is 1. The van der Waals surface area contributed by atoms with Crippen LogP contribution in [-0.4, -0.2) is 34.4 Å². The lowest BCUT2D eigenvalue weighted by molar-refractivity contribution is 0.338. The summed E-state index contributed by atoms with van der Waals surface area (Å²) in [5.41, 5.74) is 0.979. The topological polar surface area (TPSA) is 39.7 Å². The quantitative estimate of drug-likeness (QED) is 0.923. The van der Waals surface area contributed by atoms with E-state index in [1.807, 2.05) is 0 Å². The molecule has 1 aliphatic rings. The van der Waals surface area contributed by atoms with E-state index < -0.39 is 0 Å². The lowest BCUT2D eigenvalue weighted by Crippen LogP contribution is -2.28. The van der Waals surface area contributed by atoms with Gasteiger partial charge in [-0.15, -0.1) is 0 Å². The van der Waals surface area contributed by atoms with Crippen LogP contribution in [0.25, 0.3) is 0 Å². The van der Waals surface area contributed by atoms with Crippen LogP contribution in [0.3, 0.4) is 0 Å². The molecule has 1 aromatic carbocycles. The van der Waals surface area contributed by atoms with Crippen molar-refractivity contribution in [2.45, 2.75) is 18.8 Å². The van der Waals surface area contributed by atoms with Gasteiger partial charge in [0.25, 0.3) is 0 Å².